The van der Waals surface area contributed by atoms with Gasteiger partial charge in [0, 0.05) is 5.70 Å². The zero-order valence-corrected chi connectivity index (χ0v) is 16.4. The number of benzene rings is 2. The van der Waals surface area contributed by atoms with Gasteiger partial charge in [0.2, 0.25) is 0 Å². The third-order valence-electron chi connectivity index (χ3n) is 5.75. The molecule has 5 N–H and O–H groups in total. The van der Waals surface area contributed by atoms with Gasteiger partial charge in [-0.3, -0.25) is 4.79 Å². The Labute approximate surface area is 175 Å². The van der Waals surface area contributed by atoms with Crippen molar-refractivity contribution >= 4 is 28.2 Å². The van der Waals surface area contributed by atoms with Gasteiger partial charge in [-0.05, 0) is 24.6 Å². The first-order chi connectivity index (χ1) is 14.8. The number of nitrogens with one attached hydrogen (secondary N) is 3. The molecule has 1 aromatic heterocycles. The van der Waals surface area contributed by atoms with Crippen molar-refractivity contribution in [2.45, 2.75) is 31.2 Å². The van der Waals surface area contributed by atoms with Gasteiger partial charge in [0.25, 0.3) is 5.91 Å². The second kappa shape index (κ2) is 6.74. The van der Waals surface area contributed by atoms with Gasteiger partial charge in [0.05, 0.1) is 17.1 Å². The standard InChI is InChI=1S/C21H19F3N6O/c1-10-14(18-27-13-9-5-8-12(25)16(13)28-18)20(31)30-19(26-10)15(11-6-3-2-4-7-11)17(29-30)21(22,23)24/h2-9,15,17,19,26,29H,25H2,1H3,(H,27,28). The Hall–Kier alpha value is -3.53. The summed E-state index contributed by atoms with van der Waals surface area (Å²) >= 11 is 0. The number of rotatable bonds is 2. The Kier molecular flexibility index (Phi) is 4.23. The Bertz CT molecular complexity index is 1200. The van der Waals surface area contributed by atoms with Gasteiger partial charge in [0.15, 0.2) is 0 Å². The summed E-state index contributed by atoms with van der Waals surface area (Å²) in [6.45, 7) is 1.66. The Morgan fingerprint density at radius 1 is 1.10 bits per heavy atom. The number of carbonyl (C=O) groups excluding carboxylic acids is 1. The molecule has 2 aliphatic heterocycles. The van der Waals surface area contributed by atoms with E-state index in [9.17, 15) is 18.0 Å². The van der Waals surface area contributed by atoms with E-state index >= 15 is 0 Å². The molecule has 10 heteroatoms. The lowest BCUT2D eigenvalue weighted by Crippen LogP contribution is -2.54. The molecule has 1 amide bonds. The highest BCUT2D eigenvalue weighted by atomic mass is 19.4. The predicted molar refractivity (Wildman–Crippen MR) is 109 cm³/mol. The first-order valence-electron chi connectivity index (χ1n) is 9.69. The number of carbonyl (C=O) groups is 1. The van der Waals surface area contributed by atoms with Crippen LogP contribution in [0.2, 0.25) is 0 Å². The number of aromatic amines is 1. The highest BCUT2D eigenvalue weighted by Gasteiger charge is 2.57. The third-order valence-corrected chi connectivity index (χ3v) is 5.75. The number of hydrogen-bond acceptors (Lipinski definition) is 5. The number of fused-ring (bicyclic) bond motifs is 2. The van der Waals surface area contributed by atoms with Crippen LogP contribution < -0.4 is 16.5 Å². The second-order valence-electron chi connectivity index (χ2n) is 7.68. The first kappa shape index (κ1) is 19.4. The molecule has 3 atom stereocenters. The van der Waals surface area contributed by atoms with Crippen molar-refractivity contribution in [2.75, 3.05) is 5.73 Å². The van der Waals surface area contributed by atoms with Gasteiger partial charge in [-0.2, -0.15) is 13.2 Å². The summed E-state index contributed by atoms with van der Waals surface area (Å²) in [5, 5.41) is 4.12. The van der Waals surface area contributed by atoms with Gasteiger partial charge >= 0.3 is 6.18 Å². The van der Waals surface area contributed by atoms with Crippen LogP contribution in [0.1, 0.15) is 24.2 Å². The number of hydrazine groups is 1. The molecule has 2 aromatic carbocycles. The number of anilines is 1. The number of nitrogens with zero attached hydrogens (tertiary/aromatic N) is 2. The molecule has 1 saturated heterocycles. The zero-order chi connectivity index (χ0) is 21.9. The van der Waals surface area contributed by atoms with Crippen molar-refractivity contribution in [3.63, 3.8) is 0 Å². The summed E-state index contributed by atoms with van der Waals surface area (Å²) in [5.41, 5.74) is 11.0. The Morgan fingerprint density at radius 2 is 1.84 bits per heavy atom. The van der Waals surface area contributed by atoms with E-state index in [4.69, 9.17) is 5.73 Å². The fourth-order valence-electron chi connectivity index (χ4n) is 4.35. The monoisotopic (exact) mass is 428 g/mol. The van der Waals surface area contributed by atoms with E-state index in [2.05, 4.69) is 20.7 Å². The molecule has 1 fully saturated rings. The zero-order valence-electron chi connectivity index (χ0n) is 16.4. The average Bonchev–Trinajstić information content (AvgIpc) is 3.31. The van der Waals surface area contributed by atoms with Gasteiger partial charge in [-0.15, -0.1) is 0 Å². The topological polar surface area (TPSA) is 99.1 Å². The molecule has 160 valence electrons. The van der Waals surface area contributed by atoms with Gasteiger partial charge in [-0.1, -0.05) is 36.4 Å². The van der Waals surface area contributed by atoms with Crippen LogP contribution in [0, 0.1) is 0 Å². The predicted octanol–water partition coefficient (Wildman–Crippen LogP) is 2.87. The van der Waals surface area contributed by atoms with Crippen molar-refractivity contribution in [3.8, 4) is 0 Å². The maximum atomic E-state index is 13.9. The fraction of sp³-hybridized carbons (Fsp3) is 0.238. The number of imidazole rings is 1. The maximum Gasteiger partial charge on any atom is 0.406 e. The molecule has 0 bridgehead atoms. The molecule has 3 aromatic rings. The summed E-state index contributed by atoms with van der Waals surface area (Å²) in [5.74, 6) is -1.37. The number of halogens is 3. The van der Waals surface area contributed by atoms with E-state index in [1.165, 1.54) is 0 Å². The number of allylic oxidation sites excluding steroid dienone is 1. The summed E-state index contributed by atoms with van der Waals surface area (Å²) in [4.78, 5) is 20.8. The molecule has 2 aliphatic rings. The molecule has 3 unspecified atom stereocenters. The lowest BCUT2D eigenvalue weighted by atomic mass is 9.89. The van der Waals surface area contributed by atoms with E-state index in [-0.39, 0.29) is 11.4 Å². The van der Waals surface area contributed by atoms with Crippen LogP contribution in [0.25, 0.3) is 16.6 Å². The molecule has 0 aliphatic carbocycles. The molecular weight excluding hydrogens is 409 g/mol. The number of amides is 1. The molecule has 3 heterocycles. The van der Waals surface area contributed by atoms with E-state index in [1.54, 1.807) is 55.5 Å². The minimum Gasteiger partial charge on any atom is -0.397 e. The minimum atomic E-state index is -4.55. The van der Waals surface area contributed by atoms with Crippen molar-refractivity contribution in [2.24, 2.45) is 0 Å². The van der Waals surface area contributed by atoms with Crippen molar-refractivity contribution in [3.05, 3.63) is 65.6 Å². The van der Waals surface area contributed by atoms with Crippen LogP contribution in [0.15, 0.2) is 54.2 Å². The maximum absolute atomic E-state index is 13.9. The van der Waals surface area contributed by atoms with Crippen molar-refractivity contribution in [1.82, 2.24) is 25.7 Å². The number of para-hydroxylation sites is 1. The largest absolute Gasteiger partial charge is 0.406 e. The number of nitrogen functional groups attached to an aromatic ring is 1. The van der Waals surface area contributed by atoms with Gasteiger partial charge < -0.3 is 16.0 Å². The molecule has 31 heavy (non-hydrogen) atoms. The number of nitrogens with two attached hydrogens (primary N) is 1. The Morgan fingerprint density at radius 3 is 2.52 bits per heavy atom. The van der Waals surface area contributed by atoms with Gasteiger partial charge in [-0.25, -0.2) is 15.4 Å². The van der Waals surface area contributed by atoms with E-state index < -0.39 is 30.2 Å². The van der Waals surface area contributed by atoms with E-state index in [1.807, 2.05) is 0 Å². The number of hydrogen-bond donors (Lipinski definition) is 4. The van der Waals surface area contributed by atoms with Crippen molar-refractivity contribution in [1.29, 1.82) is 0 Å². The normalized spacial score (nSPS) is 23.9. The molecule has 0 spiro atoms. The molecule has 0 saturated carbocycles. The average molecular weight is 428 g/mol. The number of H-pyrrole nitrogens is 1. The molecular formula is C21H19F3N6O. The van der Waals surface area contributed by atoms with Crippen LogP contribution in [-0.2, 0) is 4.79 Å². The Balaban J connectivity index is 1.59. The quantitative estimate of drug-likeness (QED) is 0.471. The highest BCUT2D eigenvalue weighted by molar-refractivity contribution is 6.20. The highest BCUT2D eigenvalue weighted by Crippen LogP contribution is 2.42. The van der Waals surface area contributed by atoms with Crippen LogP contribution >= 0.6 is 0 Å². The lowest BCUT2D eigenvalue weighted by molar-refractivity contribution is -0.161. The lowest BCUT2D eigenvalue weighted by Gasteiger charge is -2.34. The summed E-state index contributed by atoms with van der Waals surface area (Å²) < 4.78 is 41.7. The summed E-state index contributed by atoms with van der Waals surface area (Å²) in [6.07, 6.45) is -5.46. The number of aromatic nitrogens is 2. The van der Waals surface area contributed by atoms with Crippen molar-refractivity contribution < 1.29 is 18.0 Å². The molecule has 7 nitrogen and oxygen atoms in total. The fourth-order valence-corrected chi connectivity index (χ4v) is 4.35. The smallest absolute Gasteiger partial charge is 0.397 e. The first-order valence-corrected chi connectivity index (χ1v) is 9.69. The molecule has 5 rings (SSSR count). The number of alkyl halides is 3. The van der Waals surface area contributed by atoms with Crippen LogP contribution in [0.3, 0.4) is 0 Å². The summed E-state index contributed by atoms with van der Waals surface area (Å²) in [6, 6.07) is 11.7. The van der Waals surface area contributed by atoms with Crippen LogP contribution in [0.4, 0.5) is 18.9 Å². The molecule has 0 radical (unpaired) electrons. The summed E-state index contributed by atoms with van der Waals surface area (Å²) in [7, 11) is 0. The van der Waals surface area contributed by atoms with Gasteiger partial charge in [0.1, 0.15) is 29.1 Å². The van der Waals surface area contributed by atoms with Crippen LogP contribution in [0.5, 0.6) is 0 Å². The van der Waals surface area contributed by atoms with Crippen LogP contribution in [-0.4, -0.2) is 39.3 Å². The minimum absolute atomic E-state index is 0.161. The van der Waals surface area contributed by atoms with E-state index in [0.717, 1.165) is 5.01 Å². The SMILES string of the molecule is CC1=C(c2nc3c(N)cccc3[nH]2)C(=O)N2NC(C(F)(F)F)C(c3ccccc3)C2N1. The third kappa shape index (κ3) is 3.02. The second-order valence-corrected chi connectivity index (χ2v) is 7.68. The van der Waals surface area contributed by atoms with E-state index in [0.29, 0.717) is 28.0 Å².